The molecule has 304 valence electrons. The summed E-state index contributed by atoms with van der Waals surface area (Å²) in [5.41, 5.74) is 0.0692. The van der Waals surface area contributed by atoms with Gasteiger partial charge in [0, 0.05) is 39.0 Å². The summed E-state index contributed by atoms with van der Waals surface area (Å²) < 4.78 is 46.8. The molecule has 0 saturated carbocycles. The molecule has 0 spiro atoms. The second-order valence-electron chi connectivity index (χ2n) is 13.0. The average molecular weight is 805 g/mol. The van der Waals surface area contributed by atoms with E-state index in [9.17, 15) is 43.8 Å². The number of carbonyl (C=O) groups is 7. The Bertz CT molecular complexity index is 2180. The van der Waals surface area contributed by atoms with E-state index in [2.05, 4.69) is 0 Å². The molecule has 5 rings (SSSR count). The molecule has 18 nitrogen and oxygen atoms in total. The molecule has 4 aliphatic rings. The summed E-state index contributed by atoms with van der Waals surface area (Å²) in [5, 5.41) is 21.1. The highest BCUT2D eigenvalue weighted by atomic mass is 16.8. The van der Waals surface area contributed by atoms with Crippen LogP contribution in [0.3, 0.4) is 0 Å². The minimum absolute atomic E-state index is 0.157. The molecule has 0 radical (unpaired) electrons. The Kier molecular flexibility index (Phi) is 12.2. The lowest BCUT2D eigenvalue weighted by atomic mass is 9.98. The van der Waals surface area contributed by atoms with Crippen LogP contribution in [0.25, 0.3) is 0 Å². The first-order chi connectivity index (χ1) is 27.4. The van der Waals surface area contributed by atoms with Gasteiger partial charge in [-0.1, -0.05) is 36.5 Å². The van der Waals surface area contributed by atoms with Crippen molar-refractivity contribution in [1.82, 2.24) is 0 Å². The van der Waals surface area contributed by atoms with Crippen molar-refractivity contribution in [2.45, 2.75) is 58.8 Å². The second-order valence-corrected chi connectivity index (χ2v) is 13.0. The molecule has 58 heavy (non-hydrogen) atoms. The van der Waals surface area contributed by atoms with Crippen LogP contribution < -0.4 is 0 Å². The van der Waals surface area contributed by atoms with E-state index in [0.29, 0.717) is 22.3 Å². The van der Waals surface area contributed by atoms with Crippen LogP contribution in [0, 0.1) is 13.8 Å². The summed E-state index contributed by atoms with van der Waals surface area (Å²) >= 11 is 0. The van der Waals surface area contributed by atoms with E-state index < -0.39 is 83.2 Å². The fourth-order valence-corrected chi connectivity index (χ4v) is 5.42. The van der Waals surface area contributed by atoms with Crippen molar-refractivity contribution in [3.63, 3.8) is 0 Å². The minimum atomic E-state index is -2.02. The zero-order valence-corrected chi connectivity index (χ0v) is 31.7. The molecule has 0 aromatic heterocycles. The molecule has 2 unspecified atom stereocenters. The molecular weight excluding hydrogens is 768 g/mol. The Morgan fingerprint density at radius 2 is 1.03 bits per heavy atom. The van der Waals surface area contributed by atoms with Crippen molar-refractivity contribution < 1.29 is 86.4 Å². The number of hydrogen-bond donors (Lipinski definition) is 2. The van der Waals surface area contributed by atoms with Crippen LogP contribution in [0.5, 0.6) is 0 Å². The van der Waals surface area contributed by atoms with E-state index in [4.69, 9.17) is 42.6 Å². The minimum Gasteiger partial charge on any atom is -0.480 e. The number of hydrogen-bond acceptors (Lipinski definition) is 18. The molecule has 2 atom stereocenters. The van der Waals surface area contributed by atoms with Crippen molar-refractivity contribution in [1.29, 1.82) is 0 Å². The number of rotatable bonds is 11. The van der Waals surface area contributed by atoms with Gasteiger partial charge >= 0.3 is 41.6 Å². The predicted molar refractivity (Wildman–Crippen MR) is 192 cm³/mol. The highest BCUT2D eigenvalue weighted by molar-refractivity contribution is 6.17. The van der Waals surface area contributed by atoms with Crippen LogP contribution in [0.2, 0.25) is 0 Å². The van der Waals surface area contributed by atoms with Gasteiger partial charge < -0.3 is 52.8 Å². The average Bonchev–Trinajstić information content (AvgIpc) is 3.12. The van der Waals surface area contributed by atoms with Gasteiger partial charge in [0.2, 0.25) is 5.78 Å². The number of aliphatic hydroxyl groups is 2. The zero-order chi connectivity index (χ0) is 42.5. The number of benzene rings is 1. The van der Waals surface area contributed by atoms with E-state index in [-0.39, 0.29) is 23.3 Å². The molecule has 0 bridgehead atoms. The van der Waals surface area contributed by atoms with Crippen LogP contribution in [0.15, 0.2) is 107 Å². The van der Waals surface area contributed by atoms with Gasteiger partial charge in [-0.15, -0.1) is 0 Å². The SMILES string of the molecule is COCC1(C)OC(=O)C(=CC=CC=CC2=C(O)OC(c3cc(C)c(C4OC(=O)C(/C=C/C=C/C=C5C(=O)OC(C)(C(C)=O)OC5=O)=C(O)O4)cc3C)OC2=O)C(=O)O1. The topological polar surface area (TPSA) is 243 Å². The van der Waals surface area contributed by atoms with Gasteiger partial charge in [-0.3, -0.25) is 4.79 Å². The Balaban J connectivity index is 1.21. The molecule has 0 aliphatic carbocycles. The first-order valence-electron chi connectivity index (χ1n) is 17.1. The lowest BCUT2D eigenvalue weighted by Crippen LogP contribution is -2.48. The zero-order valence-electron chi connectivity index (χ0n) is 31.7. The Hall–Kier alpha value is -7.21. The van der Waals surface area contributed by atoms with Crippen LogP contribution in [-0.2, 0) is 76.2 Å². The number of aryl methyl sites for hydroxylation is 2. The van der Waals surface area contributed by atoms with Gasteiger partial charge in [0.25, 0.3) is 30.3 Å². The molecule has 2 saturated heterocycles. The summed E-state index contributed by atoms with van der Waals surface area (Å²) in [4.78, 5) is 86.2. The number of ketones is 1. The number of aliphatic hydroxyl groups excluding tert-OH is 2. The van der Waals surface area contributed by atoms with E-state index in [1.165, 1.54) is 56.6 Å². The summed E-state index contributed by atoms with van der Waals surface area (Å²) in [5.74, 6) is -11.6. The predicted octanol–water partition coefficient (Wildman–Crippen LogP) is 3.93. The first-order valence-corrected chi connectivity index (χ1v) is 17.1. The van der Waals surface area contributed by atoms with E-state index in [0.717, 1.165) is 32.1 Å². The summed E-state index contributed by atoms with van der Waals surface area (Å²) in [6, 6.07) is 3.10. The van der Waals surface area contributed by atoms with E-state index >= 15 is 0 Å². The van der Waals surface area contributed by atoms with Crippen molar-refractivity contribution >= 4 is 41.6 Å². The first kappa shape index (κ1) is 41.9. The van der Waals surface area contributed by atoms with Gasteiger partial charge in [-0.05, 0) is 61.4 Å². The van der Waals surface area contributed by atoms with Crippen LogP contribution >= 0.6 is 0 Å². The van der Waals surface area contributed by atoms with Crippen LogP contribution in [0.1, 0.15) is 55.6 Å². The molecule has 1 aromatic carbocycles. The largest absolute Gasteiger partial charge is 0.480 e. The molecule has 2 N–H and O–H groups in total. The lowest BCUT2D eigenvalue weighted by molar-refractivity contribution is -0.241. The highest BCUT2D eigenvalue weighted by Gasteiger charge is 2.46. The fourth-order valence-electron chi connectivity index (χ4n) is 5.42. The summed E-state index contributed by atoms with van der Waals surface area (Å²) in [6.45, 7) is 6.72. The number of Topliss-reactive ketones (excluding diaryl/α,β-unsaturated/α-hetero) is 1. The normalized spacial score (nSPS) is 25.3. The van der Waals surface area contributed by atoms with Crippen molar-refractivity contribution in [3.05, 3.63) is 129 Å². The van der Waals surface area contributed by atoms with Crippen molar-refractivity contribution in [2.75, 3.05) is 13.7 Å². The lowest BCUT2D eigenvalue weighted by Gasteiger charge is -2.32. The smallest absolute Gasteiger partial charge is 0.349 e. The summed E-state index contributed by atoms with van der Waals surface area (Å²) in [6.07, 6.45) is 9.67. The van der Waals surface area contributed by atoms with Crippen molar-refractivity contribution in [3.8, 4) is 0 Å². The highest BCUT2D eigenvalue weighted by Crippen LogP contribution is 2.37. The number of ether oxygens (including phenoxy) is 9. The standard InChI is InChI=1S/C40H36O18/c1-20-18-28(38-53-31(44)24(32(45)54-38)14-10-8-12-16-26-35(48)57-40(5,22(3)41)58-36(26)49)21(2)17-27(20)37-51-29(42)23(30(43)52-37)13-9-7-11-15-25-33(46)55-39(4,19-50-6)56-34(25)47/h7-18,37-38,42,44H,19H2,1-6H3/b11-7?,12-8+,13-9?,14-10+,25-15?,26-16?. The third-order valence-electron chi connectivity index (χ3n) is 8.54. The molecular formula is C40H36O18. The third kappa shape index (κ3) is 9.08. The molecule has 1 aromatic rings. The van der Waals surface area contributed by atoms with Crippen LogP contribution in [0.4, 0.5) is 0 Å². The maximum Gasteiger partial charge on any atom is 0.349 e. The van der Waals surface area contributed by atoms with E-state index in [1.54, 1.807) is 26.0 Å². The molecule has 4 heterocycles. The van der Waals surface area contributed by atoms with Crippen molar-refractivity contribution in [2.24, 2.45) is 0 Å². The van der Waals surface area contributed by atoms with E-state index in [1.807, 2.05) is 0 Å². The van der Waals surface area contributed by atoms with Gasteiger partial charge in [0.1, 0.15) is 28.9 Å². The molecule has 2 fully saturated rings. The number of carbonyl (C=O) groups excluding carboxylic acids is 7. The Labute approximate surface area is 329 Å². The summed E-state index contributed by atoms with van der Waals surface area (Å²) in [7, 11) is 1.35. The van der Waals surface area contributed by atoms with Gasteiger partial charge in [0.15, 0.2) is 0 Å². The van der Waals surface area contributed by atoms with Gasteiger partial charge in [0.05, 0.1) is 0 Å². The number of methoxy groups -OCH3 is 1. The quantitative estimate of drug-likeness (QED) is 0.106. The molecule has 18 heteroatoms. The monoisotopic (exact) mass is 804 g/mol. The Morgan fingerprint density at radius 1 is 0.638 bits per heavy atom. The Morgan fingerprint density at radius 3 is 1.40 bits per heavy atom. The third-order valence-corrected chi connectivity index (χ3v) is 8.54. The second kappa shape index (κ2) is 16.9. The maximum absolute atomic E-state index is 12.9. The number of cyclic esters (lactones) is 6. The number of esters is 6. The fraction of sp³-hybridized carbons (Fsp3) is 0.275. The van der Waals surface area contributed by atoms with Gasteiger partial charge in [-0.25, -0.2) is 28.8 Å². The van der Waals surface area contributed by atoms with Crippen LogP contribution in [-0.4, -0.2) is 77.1 Å². The van der Waals surface area contributed by atoms with Gasteiger partial charge in [-0.2, -0.15) is 0 Å². The molecule has 4 aliphatic heterocycles. The maximum atomic E-state index is 12.9. The number of allylic oxidation sites excluding steroid dienone is 8. The molecule has 0 amide bonds.